The van der Waals surface area contributed by atoms with Crippen molar-refractivity contribution in [2.45, 2.75) is 13.3 Å². The van der Waals surface area contributed by atoms with Crippen molar-refractivity contribution >= 4 is 17.3 Å². The predicted molar refractivity (Wildman–Crippen MR) is 100 cm³/mol. The zero-order chi connectivity index (χ0) is 18.9. The van der Waals surface area contributed by atoms with E-state index in [1.807, 2.05) is 0 Å². The minimum atomic E-state index is -0.651. The molecular weight excluding hydrogens is 331 g/mol. The lowest BCUT2D eigenvalue weighted by Gasteiger charge is -2.28. The van der Waals surface area contributed by atoms with Crippen LogP contribution in [0.25, 0.3) is 0 Å². The summed E-state index contributed by atoms with van der Waals surface area (Å²) in [6.07, 6.45) is 0.908. The van der Waals surface area contributed by atoms with Gasteiger partial charge in [0.1, 0.15) is 5.82 Å². The first-order chi connectivity index (χ1) is 12.4. The quantitative estimate of drug-likeness (QED) is 0.544. The van der Waals surface area contributed by atoms with Crippen LogP contribution >= 0.6 is 0 Å². The Balaban J connectivity index is 1.89. The fraction of sp³-hybridized carbons (Fsp3) is 0.333. The highest BCUT2D eigenvalue weighted by molar-refractivity contribution is 6.30. The Morgan fingerprint density at radius 1 is 0.962 bits per heavy atom. The van der Waals surface area contributed by atoms with E-state index in [4.69, 9.17) is 0 Å². The molecule has 4 nitrogen and oxygen atoms in total. The number of hydrogen-bond acceptors (Lipinski definition) is 3. The maximum Gasteiger partial charge on any atom is 0.197 e. The van der Waals surface area contributed by atoms with Gasteiger partial charge in [0.2, 0.25) is 0 Å². The molecule has 0 aliphatic heterocycles. The molecule has 1 aliphatic carbocycles. The Kier molecular flexibility index (Phi) is 4.92. The van der Waals surface area contributed by atoms with Gasteiger partial charge in [0, 0.05) is 29.8 Å². The van der Waals surface area contributed by atoms with Crippen LogP contribution in [0.3, 0.4) is 0 Å². The van der Waals surface area contributed by atoms with Crippen LogP contribution in [-0.2, 0) is 0 Å². The third-order valence-corrected chi connectivity index (χ3v) is 5.14. The fourth-order valence-electron chi connectivity index (χ4n) is 3.22. The summed E-state index contributed by atoms with van der Waals surface area (Å²) in [5, 5.41) is 3.23. The lowest BCUT2D eigenvalue weighted by atomic mass is 9.83. The van der Waals surface area contributed by atoms with Gasteiger partial charge in [-0.2, -0.15) is 0 Å². The molecule has 1 N–H and O–H groups in total. The molecule has 0 saturated carbocycles. The maximum absolute atomic E-state index is 14.4. The van der Waals surface area contributed by atoms with Crippen molar-refractivity contribution in [2.24, 2.45) is 0 Å². The summed E-state index contributed by atoms with van der Waals surface area (Å²) < 4.78 is 15.3. The number of nitrogens with zero attached hydrogens (tertiary/aromatic N) is 1. The minimum Gasteiger partial charge on any atom is -0.384 e. The van der Waals surface area contributed by atoms with Crippen molar-refractivity contribution < 1.29 is 18.5 Å². The summed E-state index contributed by atoms with van der Waals surface area (Å²) in [5.41, 5.74) is 1.16. The monoisotopic (exact) mass is 355 g/mol. The molecule has 0 amide bonds. The van der Waals surface area contributed by atoms with Gasteiger partial charge in [0.25, 0.3) is 0 Å². The van der Waals surface area contributed by atoms with Crippen LogP contribution in [0.1, 0.15) is 45.2 Å². The molecule has 0 atom stereocenters. The lowest BCUT2D eigenvalue weighted by molar-refractivity contribution is -0.888. The van der Waals surface area contributed by atoms with Crippen LogP contribution in [0.2, 0.25) is 0 Å². The van der Waals surface area contributed by atoms with E-state index in [1.165, 1.54) is 6.07 Å². The zero-order valence-corrected chi connectivity index (χ0v) is 15.4. The Morgan fingerprint density at radius 3 is 2.19 bits per heavy atom. The van der Waals surface area contributed by atoms with Gasteiger partial charge < -0.3 is 9.80 Å². The first-order valence-electron chi connectivity index (χ1n) is 8.92. The highest BCUT2D eigenvalue weighted by Crippen LogP contribution is 2.33. The average Bonchev–Trinajstić information content (AvgIpc) is 2.64. The third kappa shape index (κ3) is 3.27. The molecule has 0 bridgehead atoms. The predicted octanol–water partition coefficient (Wildman–Crippen LogP) is 3.50. The molecule has 0 aromatic heterocycles. The Labute approximate surface area is 153 Å². The number of benzene rings is 2. The zero-order valence-electron chi connectivity index (χ0n) is 15.4. The molecular formula is C21H24FN2O2+. The van der Waals surface area contributed by atoms with Crippen molar-refractivity contribution in [1.29, 1.82) is 0 Å². The van der Waals surface area contributed by atoms with Gasteiger partial charge in [-0.15, -0.1) is 0 Å². The molecule has 0 radical (unpaired) electrons. The van der Waals surface area contributed by atoms with Crippen molar-refractivity contribution in [3.05, 3.63) is 64.5 Å². The summed E-state index contributed by atoms with van der Waals surface area (Å²) in [7, 11) is 4.33. The molecule has 3 rings (SSSR count). The smallest absolute Gasteiger partial charge is 0.197 e. The van der Waals surface area contributed by atoms with E-state index in [1.54, 1.807) is 30.3 Å². The molecule has 5 heteroatoms. The van der Waals surface area contributed by atoms with Gasteiger partial charge in [0.05, 0.1) is 38.3 Å². The van der Waals surface area contributed by atoms with Gasteiger partial charge in [0.15, 0.2) is 11.6 Å². The second kappa shape index (κ2) is 7.00. The van der Waals surface area contributed by atoms with E-state index in [-0.39, 0.29) is 22.5 Å². The topological polar surface area (TPSA) is 46.2 Å². The molecule has 0 spiro atoms. The van der Waals surface area contributed by atoms with Crippen molar-refractivity contribution in [2.75, 3.05) is 39.0 Å². The van der Waals surface area contributed by atoms with Crippen LogP contribution in [-0.4, -0.2) is 49.8 Å². The van der Waals surface area contributed by atoms with Gasteiger partial charge in [-0.1, -0.05) is 24.3 Å². The molecule has 2 aromatic carbocycles. The van der Waals surface area contributed by atoms with Crippen LogP contribution in [0.4, 0.5) is 10.1 Å². The molecule has 0 unspecified atom stereocenters. The number of carbonyl (C=O) groups excluding carboxylic acids is 2. The summed E-state index contributed by atoms with van der Waals surface area (Å²) in [4.78, 5) is 25.6. The number of fused-ring (bicyclic) bond motifs is 2. The van der Waals surface area contributed by atoms with Crippen molar-refractivity contribution in [3.63, 3.8) is 0 Å². The number of carbonyl (C=O) groups is 2. The largest absolute Gasteiger partial charge is 0.384 e. The number of hydrogen-bond donors (Lipinski definition) is 1. The Hall–Kier alpha value is -2.53. The lowest BCUT2D eigenvalue weighted by Crippen LogP contribution is -2.40. The van der Waals surface area contributed by atoms with Crippen LogP contribution in [0.15, 0.2) is 36.4 Å². The van der Waals surface area contributed by atoms with E-state index in [2.05, 4.69) is 26.3 Å². The number of halogens is 1. The number of nitrogens with one attached hydrogen (secondary N) is 1. The Morgan fingerprint density at radius 2 is 1.58 bits per heavy atom. The summed E-state index contributed by atoms with van der Waals surface area (Å²) in [6, 6.07) is 9.39. The number of quaternary nitrogens is 1. The van der Waals surface area contributed by atoms with Crippen molar-refractivity contribution in [3.8, 4) is 0 Å². The summed E-state index contributed by atoms with van der Waals surface area (Å²) >= 11 is 0. The van der Waals surface area contributed by atoms with Crippen LogP contribution in [0, 0.1) is 5.82 Å². The second-order valence-corrected chi connectivity index (χ2v) is 7.30. The highest BCUT2D eigenvalue weighted by Gasteiger charge is 2.33. The minimum absolute atomic E-state index is 0.122. The molecule has 2 aromatic rings. The van der Waals surface area contributed by atoms with E-state index < -0.39 is 11.6 Å². The first kappa shape index (κ1) is 18.3. The number of rotatable bonds is 6. The molecule has 1 aliphatic rings. The first-order valence-corrected chi connectivity index (χ1v) is 8.92. The second-order valence-electron chi connectivity index (χ2n) is 7.30. The highest BCUT2D eigenvalue weighted by atomic mass is 19.1. The van der Waals surface area contributed by atoms with Gasteiger partial charge in [-0.05, 0) is 19.1 Å². The summed E-state index contributed by atoms with van der Waals surface area (Å²) in [5.74, 6) is -1.39. The van der Waals surface area contributed by atoms with E-state index >= 15 is 0 Å². The number of ketones is 2. The number of anilines is 1. The van der Waals surface area contributed by atoms with Gasteiger partial charge in [-0.3, -0.25) is 9.59 Å². The van der Waals surface area contributed by atoms with Crippen molar-refractivity contribution in [1.82, 2.24) is 0 Å². The molecule has 0 saturated heterocycles. The average molecular weight is 355 g/mol. The summed E-state index contributed by atoms with van der Waals surface area (Å²) in [6.45, 7) is 4.83. The standard InChI is InChI=1S/C21H23FN2O2/c1-4-24(2,3)13-7-12-23-17-11-10-16(22)18-19(17)21(26)15-9-6-5-8-14(15)20(18)25/h5-6,8-11H,4,7,12-13H2,1-3H3/p+1. The third-order valence-electron chi connectivity index (χ3n) is 5.14. The molecule has 136 valence electrons. The molecule has 0 heterocycles. The van der Waals surface area contributed by atoms with Gasteiger partial charge >= 0.3 is 0 Å². The van der Waals surface area contributed by atoms with Crippen LogP contribution in [0.5, 0.6) is 0 Å². The van der Waals surface area contributed by atoms with E-state index in [9.17, 15) is 14.0 Å². The van der Waals surface area contributed by atoms with E-state index in [0.29, 0.717) is 17.8 Å². The van der Waals surface area contributed by atoms with E-state index in [0.717, 1.165) is 24.0 Å². The maximum atomic E-state index is 14.4. The SMILES string of the molecule is CC[N+](C)(C)CCCNc1ccc(F)c2c1C(=O)c1ccccc1C2=O. The normalized spacial score (nSPS) is 13.4. The molecule has 26 heavy (non-hydrogen) atoms. The van der Waals surface area contributed by atoms with Gasteiger partial charge in [-0.25, -0.2) is 4.39 Å². The molecule has 0 fully saturated rings. The Bertz CT molecular complexity index is 874. The fourth-order valence-corrected chi connectivity index (χ4v) is 3.22. The van der Waals surface area contributed by atoms with Crippen LogP contribution < -0.4 is 5.32 Å².